The number of Topliss-reactive ketones (excluding diaryl/α,β-unsaturated/α-hetero) is 3. The summed E-state index contributed by atoms with van der Waals surface area (Å²) in [5.41, 5.74) is 11.3. The van der Waals surface area contributed by atoms with Crippen molar-refractivity contribution in [1.82, 2.24) is 10.6 Å². The van der Waals surface area contributed by atoms with Gasteiger partial charge in [0.2, 0.25) is 11.8 Å². The summed E-state index contributed by atoms with van der Waals surface area (Å²) in [6, 6.07) is -2.02. The van der Waals surface area contributed by atoms with E-state index in [4.69, 9.17) is 20.8 Å². The molecule has 0 unspecified atom stereocenters. The summed E-state index contributed by atoms with van der Waals surface area (Å²) in [5, 5.41) is 16.3. The van der Waals surface area contributed by atoms with E-state index in [0.717, 1.165) is 32.1 Å². The number of carbonyl (C=O) groups excluding carboxylic acids is 5. The molecule has 4 fully saturated rings. The van der Waals surface area contributed by atoms with Crippen molar-refractivity contribution < 1.29 is 38.4 Å². The highest BCUT2D eigenvalue weighted by Crippen LogP contribution is 2.66. The molecule has 4 rings (SSSR count). The van der Waals surface area contributed by atoms with Gasteiger partial charge in [0.15, 0.2) is 11.6 Å². The van der Waals surface area contributed by atoms with Gasteiger partial charge in [0, 0.05) is 37.5 Å². The number of rotatable bonds is 32. The molecule has 338 valence electrons. The zero-order chi connectivity index (χ0) is 43.8. The summed E-state index contributed by atoms with van der Waals surface area (Å²) in [4.78, 5) is 67.6. The van der Waals surface area contributed by atoms with Gasteiger partial charge < -0.3 is 36.5 Å². The minimum absolute atomic E-state index is 0.00873. The second-order valence-electron chi connectivity index (χ2n) is 19.4. The van der Waals surface area contributed by atoms with Crippen LogP contribution in [0.5, 0.6) is 0 Å². The summed E-state index contributed by atoms with van der Waals surface area (Å²) >= 11 is 0. The SMILES string of the molecule is CCCCCCCCCCCC(=O)C[C@@H](CCCCN)C(=O)N[C@H](C(=O)C[C@@H](C)C(=O)N[C@@H](CCCCN)C(=O)C[C@@H](C)B1O[C@@H]2C[C@@H]3C[C@@H](C3(C)C)[C@]2(C)O1)[C@@H](C)O. The van der Waals surface area contributed by atoms with Crippen LogP contribution in [0.2, 0.25) is 5.82 Å². The van der Waals surface area contributed by atoms with Gasteiger partial charge in [-0.05, 0) is 101 Å². The number of aliphatic hydroxyl groups is 1. The quantitative estimate of drug-likeness (QED) is 0.0356. The smallest absolute Gasteiger partial charge is 0.405 e. The van der Waals surface area contributed by atoms with Crippen molar-refractivity contribution >= 4 is 36.3 Å². The van der Waals surface area contributed by atoms with Crippen LogP contribution < -0.4 is 22.1 Å². The largest absolute Gasteiger partial charge is 0.461 e. The Hall–Kier alpha value is -2.19. The molecule has 0 spiro atoms. The Bertz CT molecular complexity index is 1350. The molecule has 2 bridgehead atoms. The summed E-state index contributed by atoms with van der Waals surface area (Å²) in [6.45, 7) is 14.9. The van der Waals surface area contributed by atoms with Crippen molar-refractivity contribution in [1.29, 1.82) is 0 Å². The van der Waals surface area contributed by atoms with Gasteiger partial charge in [0.25, 0.3) is 0 Å². The van der Waals surface area contributed by atoms with Gasteiger partial charge in [-0.1, -0.05) is 92.4 Å². The van der Waals surface area contributed by atoms with Crippen molar-refractivity contribution in [3.8, 4) is 0 Å². The van der Waals surface area contributed by atoms with E-state index in [0.29, 0.717) is 69.9 Å². The summed E-state index contributed by atoms with van der Waals surface area (Å²) in [6.07, 6.45) is 15.2. The van der Waals surface area contributed by atoms with Crippen LogP contribution in [0, 0.1) is 29.1 Å². The third kappa shape index (κ3) is 15.0. The summed E-state index contributed by atoms with van der Waals surface area (Å²) < 4.78 is 13.1. The zero-order valence-corrected chi connectivity index (χ0v) is 38.0. The number of ketones is 3. The minimum atomic E-state index is -1.25. The van der Waals surface area contributed by atoms with E-state index in [2.05, 4.69) is 38.3 Å². The third-order valence-corrected chi connectivity index (χ3v) is 14.1. The van der Waals surface area contributed by atoms with Gasteiger partial charge in [-0.15, -0.1) is 0 Å². The molecule has 2 amide bonds. The van der Waals surface area contributed by atoms with Crippen LogP contribution in [-0.2, 0) is 33.3 Å². The fraction of sp³-hybridized carbons (Fsp3) is 0.891. The standard InChI is InChI=1S/C46H83BN4O8/c1-8-9-10-11-12-13-14-15-16-22-36(53)28-34(21-17-19-24-48)44(57)51-42(33(4)52)39(55)26-31(2)43(56)50-37(23-18-20-25-49)38(54)27-32(3)47-58-41-30-35-29-40(45(35,5)6)46(41,7)59-47/h31-35,37,40-42,52H,8-30,48-49H2,1-7H3,(H,50,56)(H,51,57)/t31-,32-,33-,34-,35+,37+,40+,41-,42+,46+/m1/s1. The van der Waals surface area contributed by atoms with Crippen LogP contribution in [0.3, 0.4) is 0 Å². The number of amides is 2. The van der Waals surface area contributed by atoms with Crippen LogP contribution in [0.4, 0.5) is 0 Å². The lowest BCUT2D eigenvalue weighted by Gasteiger charge is -2.64. The first-order valence-electron chi connectivity index (χ1n) is 23.6. The molecule has 12 nitrogen and oxygen atoms in total. The topological polar surface area (TPSA) is 200 Å². The Balaban J connectivity index is 1.54. The van der Waals surface area contributed by atoms with Crippen LogP contribution in [-0.4, -0.2) is 84.4 Å². The maximum absolute atomic E-state index is 13.8. The van der Waals surface area contributed by atoms with Crippen molar-refractivity contribution in [3.05, 3.63) is 0 Å². The highest BCUT2D eigenvalue weighted by molar-refractivity contribution is 6.47. The highest BCUT2D eigenvalue weighted by atomic mass is 16.7. The van der Waals surface area contributed by atoms with E-state index >= 15 is 0 Å². The molecule has 1 heterocycles. The molecule has 13 heteroatoms. The molecule has 1 aliphatic heterocycles. The van der Waals surface area contributed by atoms with Crippen molar-refractivity contribution in [2.75, 3.05) is 13.1 Å². The molecular formula is C46H83BN4O8. The highest BCUT2D eigenvalue weighted by Gasteiger charge is 2.68. The van der Waals surface area contributed by atoms with Gasteiger partial charge in [0.05, 0.1) is 23.9 Å². The molecule has 10 atom stereocenters. The monoisotopic (exact) mass is 831 g/mol. The molecule has 0 radical (unpaired) electrons. The summed E-state index contributed by atoms with van der Waals surface area (Å²) in [5.74, 6) is -2.19. The maximum atomic E-state index is 13.8. The van der Waals surface area contributed by atoms with Gasteiger partial charge in [0.1, 0.15) is 11.8 Å². The molecule has 3 saturated carbocycles. The Morgan fingerprint density at radius 2 is 1.36 bits per heavy atom. The molecule has 7 N–H and O–H groups in total. The van der Waals surface area contributed by atoms with Crippen molar-refractivity contribution in [3.63, 3.8) is 0 Å². The second kappa shape index (κ2) is 25.1. The number of carbonyl (C=O) groups is 5. The summed E-state index contributed by atoms with van der Waals surface area (Å²) in [7, 11) is -0.508. The van der Waals surface area contributed by atoms with Gasteiger partial charge in [-0.3, -0.25) is 24.0 Å². The minimum Gasteiger partial charge on any atom is -0.405 e. The number of hydrogen-bond donors (Lipinski definition) is 5. The third-order valence-electron chi connectivity index (χ3n) is 14.1. The second-order valence-corrected chi connectivity index (χ2v) is 19.4. The van der Waals surface area contributed by atoms with Crippen molar-refractivity contribution in [2.45, 2.75) is 219 Å². The zero-order valence-electron chi connectivity index (χ0n) is 38.0. The first kappa shape index (κ1) is 51.2. The molecule has 3 aliphatic carbocycles. The number of nitrogens with one attached hydrogen (secondary N) is 2. The van der Waals surface area contributed by atoms with Gasteiger partial charge in [-0.2, -0.15) is 0 Å². The Morgan fingerprint density at radius 3 is 1.95 bits per heavy atom. The number of aliphatic hydroxyl groups excluding tert-OH is 1. The molecule has 0 aromatic rings. The lowest BCUT2D eigenvalue weighted by molar-refractivity contribution is -0.199. The van der Waals surface area contributed by atoms with Gasteiger partial charge in [-0.25, -0.2) is 0 Å². The van der Waals surface area contributed by atoms with E-state index in [-0.39, 0.29) is 53.8 Å². The lowest BCUT2D eigenvalue weighted by Crippen LogP contribution is -2.65. The van der Waals surface area contributed by atoms with E-state index in [1.54, 1.807) is 6.92 Å². The first-order chi connectivity index (χ1) is 28.0. The van der Waals surface area contributed by atoms with E-state index in [1.807, 2.05) is 6.92 Å². The Morgan fingerprint density at radius 1 is 0.746 bits per heavy atom. The number of unbranched alkanes of at least 4 members (excludes halogenated alkanes) is 10. The maximum Gasteiger partial charge on any atom is 0.461 e. The fourth-order valence-corrected chi connectivity index (χ4v) is 9.95. The molecule has 0 aromatic heterocycles. The Kier molecular flexibility index (Phi) is 21.7. The molecule has 59 heavy (non-hydrogen) atoms. The number of hydrogen-bond acceptors (Lipinski definition) is 10. The number of nitrogens with two attached hydrogens (primary N) is 2. The molecule has 4 aliphatic rings. The average Bonchev–Trinajstić information content (AvgIpc) is 3.55. The van der Waals surface area contributed by atoms with Crippen LogP contribution in [0.15, 0.2) is 0 Å². The van der Waals surface area contributed by atoms with Crippen molar-refractivity contribution in [2.24, 2.45) is 40.6 Å². The van der Waals surface area contributed by atoms with E-state index in [9.17, 15) is 29.1 Å². The van der Waals surface area contributed by atoms with E-state index < -0.39 is 54.7 Å². The van der Waals surface area contributed by atoms with Crippen LogP contribution in [0.1, 0.15) is 183 Å². The predicted molar refractivity (Wildman–Crippen MR) is 234 cm³/mol. The van der Waals surface area contributed by atoms with Crippen LogP contribution in [0.25, 0.3) is 0 Å². The van der Waals surface area contributed by atoms with Crippen LogP contribution >= 0.6 is 0 Å². The van der Waals surface area contributed by atoms with Gasteiger partial charge >= 0.3 is 7.12 Å². The molecule has 0 aromatic carbocycles. The molecular weight excluding hydrogens is 747 g/mol. The lowest BCUT2D eigenvalue weighted by atomic mass is 9.43. The molecule has 1 saturated heterocycles. The first-order valence-corrected chi connectivity index (χ1v) is 23.6. The average molecular weight is 831 g/mol. The predicted octanol–water partition coefficient (Wildman–Crippen LogP) is 6.76. The fourth-order valence-electron chi connectivity index (χ4n) is 9.95. The Labute approximate surface area is 357 Å². The van der Waals surface area contributed by atoms with E-state index in [1.165, 1.54) is 45.4 Å². The normalized spacial score (nSPS) is 24.8.